The first kappa shape index (κ1) is 15.7. The Morgan fingerprint density at radius 1 is 1.48 bits per heavy atom. The van der Waals surface area contributed by atoms with Crippen molar-refractivity contribution in [3.63, 3.8) is 0 Å². The fourth-order valence-corrected chi connectivity index (χ4v) is 2.82. The number of likely N-dealkylation sites (N-methyl/N-ethyl adjacent to an activating group) is 1. The Morgan fingerprint density at radius 3 is 2.67 bits per heavy atom. The van der Waals surface area contributed by atoms with E-state index in [0.29, 0.717) is 0 Å². The normalized spacial score (nSPS) is 22.2. The Morgan fingerprint density at radius 2 is 2.14 bits per heavy atom. The van der Waals surface area contributed by atoms with E-state index < -0.39 is 33.8 Å². The second kappa shape index (κ2) is 5.58. The van der Waals surface area contributed by atoms with Crippen molar-refractivity contribution in [1.29, 1.82) is 0 Å². The lowest BCUT2D eigenvalue weighted by molar-refractivity contribution is -0.141. The van der Waals surface area contributed by atoms with Gasteiger partial charge in [-0.15, -0.1) is 0 Å². The summed E-state index contributed by atoms with van der Waals surface area (Å²) in [6.45, 7) is 0.213. The zero-order valence-electron chi connectivity index (χ0n) is 11.2. The molecule has 1 fully saturated rings. The van der Waals surface area contributed by atoms with Gasteiger partial charge in [0, 0.05) is 7.05 Å². The van der Waals surface area contributed by atoms with Gasteiger partial charge in [0.05, 0.1) is 29.8 Å². The number of carboxylic acid groups (broad SMARTS) is 1. The van der Waals surface area contributed by atoms with Crippen LogP contribution in [0.2, 0.25) is 0 Å². The average molecular weight is 318 g/mol. The minimum absolute atomic E-state index is 0.0568. The quantitative estimate of drug-likeness (QED) is 0.809. The van der Waals surface area contributed by atoms with Gasteiger partial charge in [-0.25, -0.2) is 17.9 Å². The average Bonchev–Trinajstić information content (AvgIpc) is 2.86. The molecule has 2 unspecified atom stereocenters. The third-order valence-electron chi connectivity index (χ3n) is 3.49. The standard InChI is InChI=1S/C12H15FN2O5S/c1-15(11-6-20-5-8(11)12(16)17)10-3-2-7(4-9(10)13)21(14,18)19/h2-4,8,11H,5-6H2,1H3,(H,16,17)(H2,14,18,19). The minimum atomic E-state index is -3.99. The highest BCUT2D eigenvalue weighted by molar-refractivity contribution is 7.89. The van der Waals surface area contributed by atoms with Crippen molar-refractivity contribution in [1.82, 2.24) is 0 Å². The molecule has 9 heteroatoms. The van der Waals surface area contributed by atoms with E-state index in [4.69, 9.17) is 15.0 Å². The maximum absolute atomic E-state index is 14.1. The van der Waals surface area contributed by atoms with Crippen LogP contribution in [0.5, 0.6) is 0 Å². The van der Waals surface area contributed by atoms with Crippen molar-refractivity contribution in [2.75, 3.05) is 25.2 Å². The number of hydrogen-bond donors (Lipinski definition) is 2. The molecule has 0 aromatic heterocycles. The molecule has 7 nitrogen and oxygen atoms in total. The second-order valence-corrected chi connectivity index (χ2v) is 6.38. The van der Waals surface area contributed by atoms with E-state index >= 15 is 0 Å². The SMILES string of the molecule is CN(c1ccc(S(N)(=O)=O)cc1F)C1COCC1C(=O)O. The number of sulfonamides is 1. The van der Waals surface area contributed by atoms with Crippen LogP contribution >= 0.6 is 0 Å². The summed E-state index contributed by atoms with van der Waals surface area (Å²) in [5, 5.41) is 14.0. The lowest BCUT2D eigenvalue weighted by Crippen LogP contribution is -2.41. The highest BCUT2D eigenvalue weighted by Gasteiger charge is 2.37. The molecule has 1 aliphatic rings. The zero-order chi connectivity index (χ0) is 15.8. The van der Waals surface area contributed by atoms with Crippen molar-refractivity contribution in [3.8, 4) is 0 Å². The monoisotopic (exact) mass is 318 g/mol. The number of halogens is 1. The summed E-state index contributed by atoms with van der Waals surface area (Å²) in [6.07, 6.45) is 0. The number of carbonyl (C=O) groups is 1. The van der Waals surface area contributed by atoms with Crippen LogP contribution in [-0.2, 0) is 19.6 Å². The van der Waals surface area contributed by atoms with Crippen molar-refractivity contribution >= 4 is 21.7 Å². The third kappa shape index (κ3) is 3.14. The molecule has 2 atom stereocenters. The van der Waals surface area contributed by atoms with Gasteiger partial charge >= 0.3 is 5.97 Å². The van der Waals surface area contributed by atoms with Gasteiger partial charge in [0.1, 0.15) is 11.7 Å². The molecule has 0 amide bonds. The Hall–Kier alpha value is -1.71. The van der Waals surface area contributed by atoms with Crippen LogP contribution in [0.1, 0.15) is 0 Å². The van der Waals surface area contributed by atoms with Gasteiger partial charge in [-0.1, -0.05) is 0 Å². The predicted molar refractivity (Wildman–Crippen MR) is 71.9 cm³/mol. The highest BCUT2D eigenvalue weighted by Crippen LogP contribution is 2.28. The summed E-state index contributed by atoms with van der Waals surface area (Å²) in [5.41, 5.74) is 0.0872. The topological polar surface area (TPSA) is 110 Å². The van der Waals surface area contributed by atoms with Crippen molar-refractivity contribution < 1.29 is 27.4 Å². The van der Waals surface area contributed by atoms with E-state index in [1.807, 2.05) is 0 Å². The maximum atomic E-state index is 14.1. The highest BCUT2D eigenvalue weighted by atomic mass is 32.2. The molecule has 1 aromatic rings. The molecule has 1 aromatic carbocycles. The number of anilines is 1. The lowest BCUT2D eigenvalue weighted by Gasteiger charge is -2.28. The molecule has 1 aliphatic heterocycles. The van der Waals surface area contributed by atoms with Gasteiger partial charge in [-0.3, -0.25) is 4.79 Å². The number of aliphatic carboxylic acids is 1. The Labute approximate surface area is 121 Å². The van der Waals surface area contributed by atoms with E-state index in [1.54, 1.807) is 0 Å². The van der Waals surface area contributed by atoms with Crippen LogP contribution in [-0.4, -0.2) is 45.8 Å². The lowest BCUT2D eigenvalue weighted by atomic mass is 10.0. The summed E-state index contributed by atoms with van der Waals surface area (Å²) in [5.74, 6) is -2.58. The number of benzene rings is 1. The first-order valence-corrected chi connectivity index (χ1v) is 7.62. The summed E-state index contributed by atoms with van der Waals surface area (Å²) in [6, 6.07) is 2.71. The van der Waals surface area contributed by atoms with Crippen LogP contribution in [0.25, 0.3) is 0 Å². The van der Waals surface area contributed by atoms with Crippen molar-refractivity contribution in [2.45, 2.75) is 10.9 Å². The Kier molecular flexibility index (Phi) is 4.17. The van der Waals surface area contributed by atoms with Crippen LogP contribution in [0, 0.1) is 11.7 Å². The van der Waals surface area contributed by atoms with Gasteiger partial charge in [0.25, 0.3) is 0 Å². The first-order chi connectivity index (χ1) is 9.71. The predicted octanol–water partition coefficient (Wildman–Crippen LogP) is 0.00890. The first-order valence-electron chi connectivity index (χ1n) is 6.07. The summed E-state index contributed by atoms with van der Waals surface area (Å²) >= 11 is 0. The number of primary sulfonamides is 1. The van der Waals surface area contributed by atoms with Crippen molar-refractivity contribution in [2.24, 2.45) is 11.1 Å². The number of ether oxygens (including phenoxy) is 1. The summed E-state index contributed by atoms with van der Waals surface area (Å²) in [4.78, 5) is 12.2. The zero-order valence-corrected chi connectivity index (χ0v) is 12.0. The molecule has 0 bridgehead atoms. The summed E-state index contributed by atoms with van der Waals surface area (Å²) < 4.78 is 41.5. The van der Waals surface area contributed by atoms with Crippen LogP contribution in [0.3, 0.4) is 0 Å². The van der Waals surface area contributed by atoms with E-state index in [0.717, 1.165) is 6.07 Å². The van der Waals surface area contributed by atoms with E-state index in [9.17, 15) is 17.6 Å². The van der Waals surface area contributed by atoms with Gasteiger partial charge in [-0.2, -0.15) is 0 Å². The van der Waals surface area contributed by atoms with Gasteiger partial charge in [0.15, 0.2) is 0 Å². The smallest absolute Gasteiger partial charge is 0.311 e. The van der Waals surface area contributed by atoms with Crippen LogP contribution in [0.4, 0.5) is 10.1 Å². The van der Waals surface area contributed by atoms with E-state index in [-0.39, 0.29) is 23.8 Å². The second-order valence-electron chi connectivity index (χ2n) is 4.82. The Balaban J connectivity index is 2.32. The molecular formula is C12H15FN2O5S. The van der Waals surface area contributed by atoms with Gasteiger partial charge < -0.3 is 14.7 Å². The molecule has 3 N–H and O–H groups in total. The molecule has 2 rings (SSSR count). The molecule has 0 radical (unpaired) electrons. The van der Waals surface area contributed by atoms with E-state index in [1.165, 1.54) is 24.1 Å². The number of nitrogens with two attached hydrogens (primary N) is 1. The maximum Gasteiger partial charge on any atom is 0.311 e. The molecule has 0 spiro atoms. The number of carboxylic acids is 1. The molecule has 0 saturated carbocycles. The fraction of sp³-hybridized carbons (Fsp3) is 0.417. The third-order valence-corrected chi connectivity index (χ3v) is 4.40. The van der Waals surface area contributed by atoms with Gasteiger partial charge in [0.2, 0.25) is 10.0 Å². The number of rotatable bonds is 4. The fourth-order valence-electron chi connectivity index (χ4n) is 2.29. The summed E-state index contributed by atoms with van der Waals surface area (Å²) in [7, 11) is -2.46. The molecule has 0 aliphatic carbocycles. The molecular weight excluding hydrogens is 303 g/mol. The molecule has 1 saturated heterocycles. The molecule has 116 valence electrons. The molecule has 21 heavy (non-hydrogen) atoms. The van der Waals surface area contributed by atoms with Crippen LogP contribution in [0.15, 0.2) is 23.1 Å². The van der Waals surface area contributed by atoms with E-state index in [2.05, 4.69) is 0 Å². The van der Waals surface area contributed by atoms with Gasteiger partial charge in [-0.05, 0) is 18.2 Å². The van der Waals surface area contributed by atoms with Crippen molar-refractivity contribution in [3.05, 3.63) is 24.0 Å². The number of nitrogens with zero attached hydrogens (tertiary/aromatic N) is 1. The molecule has 1 heterocycles. The Bertz CT molecular complexity index is 664. The minimum Gasteiger partial charge on any atom is -0.481 e. The number of hydrogen-bond acceptors (Lipinski definition) is 5. The largest absolute Gasteiger partial charge is 0.481 e. The van der Waals surface area contributed by atoms with Crippen LogP contribution < -0.4 is 10.0 Å².